The fourth-order valence-electron chi connectivity index (χ4n) is 1.14. The van der Waals surface area contributed by atoms with Gasteiger partial charge in [-0.3, -0.25) is 4.21 Å². The summed E-state index contributed by atoms with van der Waals surface area (Å²) in [5.74, 6) is 0.0173. The molecule has 0 radical (unpaired) electrons. The topological polar surface area (TPSA) is 43.1 Å². The van der Waals surface area contributed by atoms with Crippen LogP contribution in [0.1, 0.15) is 12.8 Å². The highest BCUT2D eigenvalue weighted by Gasteiger charge is 2.26. The van der Waals surface area contributed by atoms with Crippen LogP contribution in [-0.4, -0.2) is 16.1 Å². The predicted octanol–water partition coefficient (Wildman–Crippen LogP) is 2.72. The highest BCUT2D eigenvalue weighted by atomic mass is 32.2. The molecule has 1 unspecified atom stereocenters. The van der Waals surface area contributed by atoms with Crippen LogP contribution >= 0.6 is 0 Å². The third-order valence-electron chi connectivity index (χ3n) is 1.93. The number of hydrogen-bond donors (Lipinski definition) is 1. The SMILES string of the molecule is Nc1ccc(S(=O)CCCC(F)(F)F)cc1. The van der Waals surface area contributed by atoms with E-state index in [4.69, 9.17) is 5.73 Å². The fourth-order valence-corrected chi connectivity index (χ4v) is 2.22. The Morgan fingerprint density at radius 1 is 1.19 bits per heavy atom. The third kappa shape index (κ3) is 4.65. The minimum absolute atomic E-state index is 0.0173. The maximum atomic E-state index is 11.8. The number of anilines is 1. The summed E-state index contributed by atoms with van der Waals surface area (Å²) in [7, 11) is -1.38. The van der Waals surface area contributed by atoms with Gasteiger partial charge >= 0.3 is 6.18 Å². The lowest BCUT2D eigenvalue weighted by Gasteiger charge is -2.06. The summed E-state index contributed by atoms with van der Waals surface area (Å²) in [6, 6.07) is 6.30. The molecule has 2 nitrogen and oxygen atoms in total. The van der Waals surface area contributed by atoms with E-state index in [2.05, 4.69) is 0 Å². The summed E-state index contributed by atoms with van der Waals surface area (Å²) in [6.07, 6.45) is -5.19. The van der Waals surface area contributed by atoms with Gasteiger partial charge in [-0.15, -0.1) is 0 Å². The summed E-state index contributed by atoms with van der Waals surface area (Å²) in [6.45, 7) is 0. The summed E-state index contributed by atoms with van der Waals surface area (Å²) in [5.41, 5.74) is 5.97. The normalized spacial score (nSPS) is 13.7. The molecule has 0 saturated heterocycles. The molecule has 16 heavy (non-hydrogen) atoms. The molecule has 0 aliphatic rings. The van der Waals surface area contributed by atoms with Gasteiger partial charge in [0.25, 0.3) is 0 Å². The van der Waals surface area contributed by atoms with E-state index in [9.17, 15) is 17.4 Å². The quantitative estimate of drug-likeness (QED) is 0.836. The van der Waals surface area contributed by atoms with Crippen molar-refractivity contribution in [1.82, 2.24) is 0 Å². The van der Waals surface area contributed by atoms with Crippen molar-refractivity contribution < 1.29 is 17.4 Å². The van der Waals surface area contributed by atoms with Crippen LogP contribution in [-0.2, 0) is 10.8 Å². The van der Waals surface area contributed by atoms with E-state index >= 15 is 0 Å². The molecular weight excluding hydrogens is 239 g/mol. The van der Waals surface area contributed by atoms with Gasteiger partial charge in [-0.05, 0) is 30.7 Å². The van der Waals surface area contributed by atoms with Gasteiger partial charge in [0.05, 0.1) is 10.8 Å². The maximum absolute atomic E-state index is 11.8. The average Bonchev–Trinajstić information content (AvgIpc) is 2.16. The van der Waals surface area contributed by atoms with E-state index in [-0.39, 0.29) is 12.2 Å². The molecule has 1 atom stereocenters. The van der Waals surface area contributed by atoms with Crippen LogP contribution in [0.25, 0.3) is 0 Å². The van der Waals surface area contributed by atoms with Crippen LogP contribution in [0.2, 0.25) is 0 Å². The zero-order chi connectivity index (χ0) is 12.2. The first kappa shape index (κ1) is 13.0. The zero-order valence-electron chi connectivity index (χ0n) is 8.46. The standard InChI is InChI=1S/C10H12F3NOS/c11-10(12,13)6-1-7-16(15)9-4-2-8(14)3-5-9/h2-5H,1,6-7,14H2. The lowest BCUT2D eigenvalue weighted by Crippen LogP contribution is -2.09. The first-order valence-corrected chi connectivity index (χ1v) is 6.01. The van der Waals surface area contributed by atoms with E-state index in [1.165, 1.54) is 0 Å². The Labute approximate surface area is 94.1 Å². The molecule has 0 aliphatic heterocycles. The zero-order valence-corrected chi connectivity index (χ0v) is 9.27. The first-order chi connectivity index (χ1) is 7.38. The van der Waals surface area contributed by atoms with Gasteiger partial charge in [-0.2, -0.15) is 13.2 Å². The second-order valence-corrected chi connectivity index (χ2v) is 4.91. The van der Waals surface area contributed by atoms with E-state index in [0.717, 1.165) is 0 Å². The van der Waals surface area contributed by atoms with Crippen molar-refractivity contribution in [1.29, 1.82) is 0 Å². The summed E-state index contributed by atoms with van der Waals surface area (Å²) < 4.78 is 47.1. The van der Waals surface area contributed by atoms with Crippen LogP contribution in [0, 0.1) is 0 Å². The molecule has 0 aliphatic carbocycles. The lowest BCUT2D eigenvalue weighted by atomic mass is 10.3. The number of alkyl halides is 3. The highest BCUT2D eigenvalue weighted by Crippen LogP contribution is 2.22. The summed E-state index contributed by atoms with van der Waals surface area (Å²) >= 11 is 0. The molecule has 0 heterocycles. The number of halogens is 3. The molecule has 0 amide bonds. The molecular formula is C10H12F3NOS. The molecule has 0 aromatic heterocycles. The predicted molar refractivity (Wildman–Crippen MR) is 57.4 cm³/mol. The lowest BCUT2D eigenvalue weighted by molar-refractivity contribution is -0.134. The third-order valence-corrected chi connectivity index (χ3v) is 3.39. The smallest absolute Gasteiger partial charge is 0.389 e. The van der Waals surface area contributed by atoms with E-state index in [1.807, 2.05) is 0 Å². The molecule has 1 aromatic rings. The largest absolute Gasteiger partial charge is 0.399 e. The molecule has 1 rings (SSSR count). The van der Waals surface area contributed by atoms with Crippen LogP contribution in [0.4, 0.5) is 18.9 Å². The van der Waals surface area contributed by atoms with Crippen molar-refractivity contribution in [3.05, 3.63) is 24.3 Å². The Kier molecular flexibility index (Phi) is 4.35. The van der Waals surface area contributed by atoms with Crippen LogP contribution < -0.4 is 5.73 Å². The molecule has 90 valence electrons. The van der Waals surface area contributed by atoms with Gasteiger partial charge in [-0.1, -0.05) is 0 Å². The van der Waals surface area contributed by atoms with Crippen molar-refractivity contribution in [2.24, 2.45) is 0 Å². The van der Waals surface area contributed by atoms with Crippen LogP contribution in [0.15, 0.2) is 29.2 Å². The highest BCUT2D eigenvalue weighted by molar-refractivity contribution is 7.85. The second kappa shape index (κ2) is 5.34. The fraction of sp³-hybridized carbons (Fsp3) is 0.400. The van der Waals surface area contributed by atoms with Crippen molar-refractivity contribution in [2.45, 2.75) is 23.9 Å². The van der Waals surface area contributed by atoms with E-state index in [1.54, 1.807) is 24.3 Å². The molecule has 0 fully saturated rings. The van der Waals surface area contributed by atoms with Gasteiger partial charge < -0.3 is 5.73 Å². The Bertz CT molecular complexity index is 361. The Balaban J connectivity index is 2.44. The molecule has 6 heteroatoms. The number of hydrogen-bond acceptors (Lipinski definition) is 2. The minimum Gasteiger partial charge on any atom is -0.399 e. The van der Waals surface area contributed by atoms with E-state index in [0.29, 0.717) is 10.6 Å². The summed E-state index contributed by atoms with van der Waals surface area (Å²) in [4.78, 5) is 0.511. The Hall–Kier alpha value is -1.04. The van der Waals surface area contributed by atoms with Crippen LogP contribution in [0.3, 0.4) is 0 Å². The number of benzene rings is 1. The van der Waals surface area contributed by atoms with Gasteiger partial charge in [0.15, 0.2) is 0 Å². The average molecular weight is 251 g/mol. The van der Waals surface area contributed by atoms with E-state index < -0.39 is 23.4 Å². The summed E-state index contributed by atoms with van der Waals surface area (Å²) in [5, 5.41) is 0. The number of nitrogens with two attached hydrogens (primary N) is 1. The van der Waals surface area contributed by atoms with Crippen LogP contribution in [0.5, 0.6) is 0 Å². The number of nitrogen functional groups attached to an aromatic ring is 1. The van der Waals surface area contributed by atoms with Gasteiger partial charge in [0.2, 0.25) is 0 Å². The Morgan fingerprint density at radius 3 is 2.25 bits per heavy atom. The second-order valence-electron chi connectivity index (χ2n) is 3.34. The van der Waals surface area contributed by atoms with Gasteiger partial charge in [0, 0.05) is 22.8 Å². The van der Waals surface area contributed by atoms with Crippen molar-refractivity contribution in [2.75, 3.05) is 11.5 Å². The molecule has 1 aromatic carbocycles. The molecule has 0 saturated carbocycles. The minimum atomic E-state index is -4.18. The van der Waals surface area contributed by atoms with Gasteiger partial charge in [-0.25, -0.2) is 0 Å². The molecule has 0 bridgehead atoms. The maximum Gasteiger partial charge on any atom is 0.389 e. The first-order valence-electron chi connectivity index (χ1n) is 4.69. The van der Waals surface area contributed by atoms with Crippen molar-refractivity contribution in [3.63, 3.8) is 0 Å². The van der Waals surface area contributed by atoms with Gasteiger partial charge in [0.1, 0.15) is 0 Å². The van der Waals surface area contributed by atoms with Crippen molar-refractivity contribution >= 4 is 16.5 Å². The molecule has 0 spiro atoms. The van der Waals surface area contributed by atoms with Crippen molar-refractivity contribution in [3.8, 4) is 0 Å². The Morgan fingerprint density at radius 2 is 1.75 bits per heavy atom. The molecule has 2 N–H and O–H groups in total. The number of rotatable bonds is 4. The monoisotopic (exact) mass is 251 g/mol.